The second-order valence-electron chi connectivity index (χ2n) is 8.58. The zero-order valence-electron chi connectivity index (χ0n) is 20.6. The van der Waals surface area contributed by atoms with E-state index in [1.54, 1.807) is 48.5 Å². The Morgan fingerprint density at radius 2 is 1.54 bits per heavy atom. The summed E-state index contributed by atoms with van der Waals surface area (Å²) >= 11 is 0. The van der Waals surface area contributed by atoms with Crippen LogP contribution in [-0.4, -0.2) is 26.8 Å². The van der Waals surface area contributed by atoms with Crippen LogP contribution in [0.25, 0.3) is 11.0 Å². The van der Waals surface area contributed by atoms with E-state index in [1.807, 2.05) is 36.4 Å². The summed E-state index contributed by atoms with van der Waals surface area (Å²) in [4.78, 5) is 24.9. The molecular weight excluding hydrogens is 518 g/mol. The zero-order chi connectivity index (χ0) is 27.2. The Kier molecular flexibility index (Phi) is 7.42. The van der Waals surface area contributed by atoms with Gasteiger partial charge in [0, 0.05) is 11.1 Å². The van der Waals surface area contributed by atoms with Crippen LogP contribution in [0.4, 0.5) is 5.69 Å². The van der Waals surface area contributed by atoms with E-state index < -0.39 is 28.4 Å². The average molecular weight is 542 g/mol. The van der Waals surface area contributed by atoms with Crippen molar-refractivity contribution in [3.63, 3.8) is 0 Å². The Hall–Kier alpha value is -4.89. The molecule has 0 aliphatic carbocycles. The van der Waals surface area contributed by atoms with Crippen LogP contribution < -0.4 is 9.46 Å². The Morgan fingerprint density at radius 3 is 2.31 bits per heavy atom. The first-order valence-electron chi connectivity index (χ1n) is 12.0. The molecule has 1 aromatic heterocycles. The average Bonchev–Trinajstić information content (AvgIpc) is 3.40. The van der Waals surface area contributed by atoms with Gasteiger partial charge in [0.25, 0.3) is 10.0 Å². The minimum atomic E-state index is -4.01. The molecule has 0 bridgehead atoms. The van der Waals surface area contributed by atoms with Gasteiger partial charge in [0.15, 0.2) is 12.4 Å². The number of para-hydroxylation sites is 1. The number of furan rings is 1. The number of hydrogen-bond acceptors (Lipinski definition) is 7. The van der Waals surface area contributed by atoms with E-state index in [-0.39, 0.29) is 16.2 Å². The number of esters is 1. The zero-order valence-corrected chi connectivity index (χ0v) is 21.4. The molecule has 8 nitrogen and oxygen atoms in total. The van der Waals surface area contributed by atoms with Gasteiger partial charge in [-0.05, 0) is 60.2 Å². The van der Waals surface area contributed by atoms with Crippen LogP contribution in [0, 0.1) is 0 Å². The van der Waals surface area contributed by atoms with Crippen LogP contribution in [0.5, 0.6) is 5.75 Å². The fourth-order valence-electron chi connectivity index (χ4n) is 3.77. The molecule has 0 radical (unpaired) electrons. The van der Waals surface area contributed by atoms with Crippen molar-refractivity contribution in [2.45, 2.75) is 11.5 Å². The number of ether oxygens (including phenoxy) is 2. The van der Waals surface area contributed by atoms with Crippen molar-refractivity contribution in [1.29, 1.82) is 0 Å². The molecule has 9 heteroatoms. The van der Waals surface area contributed by atoms with E-state index in [0.29, 0.717) is 23.6 Å². The number of Topliss-reactive ketones (excluding diaryl/α,β-unsaturated/α-hetero) is 1. The molecule has 1 heterocycles. The van der Waals surface area contributed by atoms with Crippen molar-refractivity contribution in [1.82, 2.24) is 0 Å². The Morgan fingerprint density at radius 1 is 0.795 bits per heavy atom. The lowest BCUT2D eigenvalue weighted by Gasteiger charge is -2.11. The molecule has 5 rings (SSSR count). The van der Waals surface area contributed by atoms with Gasteiger partial charge in [0.2, 0.25) is 5.78 Å². The van der Waals surface area contributed by atoms with Crippen molar-refractivity contribution in [3.05, 3.63) is 126 Å². The number of ketones is 1. The largest absolute Gasteiger partial charge is 0.489 e. The second kappa shape index (κ2) is 11.2. The predicted molar refractivity (Wildman–Crippen MR) is 145 cm³/mol. The highest BCUT2D eigenvalue weighted by atomic mass is 32.2. The Balaban J connectivity index is 1.19. The third-order valence-electron chi connectivity index (χ3n) is 5.77. The lowest BCUT2D eigenvalue weighted by Crippen LogP contribution is -2.16. The fourth-order valence-corrected chi connectivity index (χ4v) is 4.87. The number of anilines is 1. The van der Waals surface area contributed by atoms with E-state index in [2.05, 4.69) is 4.72 Å². The SMILES string of the molecule is O=C(OCC(=O)c1cc2ccccc2o1)c1cccc(S(=O)(=O)Nc2ccc(OCc3ccccc3)cc2)c1. The summed E-state index contributed by atoms with van der Waals surface area (Å²) in [7, 11) is -4.01. The third-order valence-corrected chi connectivity index (χ3v) is 7.15. The van der Waals surface area contributed by atoms with Crippen LogP contribution in [0.3, 0.4) is 0 Å². The molecule has 0 aliphatic rings. The highest BCUT2D eigenvalue weighted by Gasteiger charge is 2.19. The molecule has 0 saturated carbocycles. The molecule has 0 atom stereocenters. The summed E-state index contributed by atoms with van der Waals surface area (Å²) < 4.78 is 44.7. The molecule has 1 N–H and O–H groups in total. The molecule has 0 unspecified atom stereocenters. The molecule has 0 spiro atoms. The van der Waals surface area contributed by atoms with Gasteiger partial charge >= 0.3 is 5.97 Å². The van der Waals surface area contributed by atoms with Crippen LogP contribution in [0.15, 0.2) is 119 Å². The first-order valence-corrected chi connectivity index (χ1v) is 13.4. The summed E-state index contributed by atoms with van der Waals surface area (Å²) in [5.41, 5.74) is 1.87. The number of fused-ring (bicyclic) bond motifs is 1. The van der Waals surface area contributed by atoms with E-state index in [9.17, 15) is 18.0 Å². The topological polar surface area (TPSA) is 112 Å². The summed E-state index contributed by atoms with van der Waals surface area (Å²) in [5, 5.41) is 0.756. The van der Waals surface area contributed by atoms with E-state index >= 15 is 0 Å². The molecule has 0 amide bonds. The van der Waals surface area contributed by atoms with Gasteiger partial charge in [-0.1, -0.05) is 54.6 Å². The van der Waals surface area contributed by atoms with Crippen LogP contribution in [-0.2, 0) is 21.4 Å². The summed E-state index contributed by atoms with van der Waals surface area (Å²) in [6.07, 6.45) is 0. The van der Waals surface area contributed by atoms with Gasteiger partial charge in [0.05, 0.1) is 10.5 Å². The summed E-state index contributed by atoms with van der Waals surface area (Å²) in [6, 6.07) is 30.2. The van der Waals surface area contributed by atoms with Crippen LogP contribution in [0.2, 0.25) is 0 Å². The number of nitrogens with one attached hydrogen (secondary N) is 1. The third kappa shape index (κ3) is 6.34. The van der Waals surface area contributed by atoms with E-state index in [4.69, 9.17) is 13.9 Å². The molecule has 4 aromatic carbocycles. The lowest BCUT2D eigenvalue weighted by molar-refractivity contribution is 0.0468. The number of hydrogen-bond donors (Lipinski definition) is 1. The second-order valence-corrected chi connectivity index (χ2v) is 10.3. The van der Waals surface area contributed by atoms with Crippen molar-refractivity contribution in [3.8, 4) is 5.75 Å². The minimum Gasteiger partial charge on any atom is -0.489 e. The molecular formula is C30H23NO7S. The highest BCUT2D eigenvalue weighted by Crippen LogP contribution is 2.22. The number of sulfonamides is 1. The highest BCUT2D eigenvalue weighted by molar-refractivity contribution is 7.92. The molecule has 39 heavy (non-hydrogen) atoms. The monoisotopic (exact) mass is 541 g/mol. The Labute approximate surface area is 224 Å². The van der Waals surface area contributed by atoms with Crippen molar-refractivity contribution >= 4 is 38.4 Å². The van der Waals surface area contributed by atoms with Gasteiger partial charge < -0.3 is 13.9 Å². The van der Waals surface area contributed by atoms with Gasteiger partial charge in [-0.25, -0.2) is 13.2 Å². The lowest BCUT2D eigenvalue weighted by atomic mass is 10.2. The van der Waals surface area contributed by atoms with E-state index in [1.165, 1.54) is 24.3 Å². The normalized spacial score (nSPS) is 11.2. The number of rotatable bonds is 10. The maximum atomic E-state index is 12.9. The number of carbonyl (C=O) groups is 2. The van der Waals surface area contributed by atoms with Gasteiger partial charge in [0.1, 0.15) is 17.9 Å². The van der Waals surface area contributed by atoms with Crippen LogP contribution >= 0.6 is 0 Å². The standard InChI is InChI=1S/C30H23NO7S/c32-27(29-18-22-9-4-5-12-28(22)38-29)20-37-30(33)23-10-6-11-26(17-23)39(34,35)31-24-13-15-25(16-14-24)36-19-21-7-2-1-3-8-21/h1-18,31H,19-20H2. The van der Waals surface area contributed by atoms with Crippen LogP contribution in [0.1, 0.15) is 26.5 Å². The van der Waals surface area contributed by atoms with E-state index in [0.717, 1.165) is 10.9 Å². The summed E-state index contributed by atoms with van der Waals surface area (Å²) in [6.45, 7) is -0.161. The quantitative estimate of drug-likeness (QED) is 0.174. The number of carbonyl (C=O) groups excluding carboxylic acids is 2. The number of benzene rings is 4. The maximum absolute atomic E-state index is 12.9. The molecule has 0 fully saturated rings. The first kappa shape index (κ1) is 25.7. The molecule has 0 saturated heterocycles. The van der Waals surface area contributed by atoms with Crippen molar-refractivity contribution in [2.75, 3.05) is 11.3 Å². The minimum absolute atomic E-state index is 0.0139. The molecule has 196 valence electrons. The first-order chi connectivity index (χ1) is 18.9. The van der Waals surface area contributed by atoms with Gasteiger partial charge in [-0.15, -0.1) is 0 Å². The maximum Gasteiger partial charge on any atom is 0.338 e. The Bertz CT molecular complexity index is 1690. The molecule has 5 aromatic rings. The smallest absolute Gasteiger partial charge is 0.338 e. The predicted octanol–water partition coefficient (Wildman–Crippen LogP) is 5.85. The fraction of sp³-hybridized carbons (Fsp3) is 0.0667. The van der Waals surface area contributed by atoms with Crippen molar-refractivity contribution < 1.29 is 31.9 Å². The molecule has 0 aliphatic heterocycles. The summed E-state index contributed by atoms with van der Waals surface area (Å²) in [5.74, 6) is -0.692. The van der Waals surface area contributed by atoms with Gasteiger partial charge in [-0.3, -0.25) is 9.52 Å². The van der Waals surface area contributed by atoms with Gasteiger partial charge in [-0.2, -0.15) is 0 Å². The van der Waals surface area contributed by atoms with Crippen molar-refractivity contribution in [2.24, 2.45) is 0 Å².